The SMILES string of the molecule is Cc1ccc(-c2ccc(=O)n(C)n2)cc1C(N)=O. The Morgan fingerprint density at radius 3 is 2.61 bits per heavy atom. The van der Waals surface area contributed by atoms with E-state index in [1.807, 2.05) is 19.1 Å². The third-order valence-electron chi connectivity index (χ3n) is 2.76. The zero-order valence-electron chi connectivity index (χ0n) is 10.2. The van der Waals surface area contributed by atoms with Crippen molar-refractivity contribution < 1.29 is 4.79 Å². The summed E-state index contributed by atoms with van der Waals surface area (Å²) in [7, 11) is 1.58. The number of amides is 1. The molecule has 0 aliphatic carbocycles. The Morgan fingerprint density at radius 1 is 1.28 bits per heavy atom. The molecule has 0 atom stereocenters. The van der Waals surface area contributed by atoms with Gasteiger partial charge in [0, 0.05) is 24.2 Å². The molecule has 92 valence electrons. The maximum atomic E-state index is 11.3. The second-order valence-corrected chi connectivity index (χ2v) is 4.07. The Balaban J connectivity index is 2.57. The summed E-state index contributed by atoms with van der Waals surface area (Å²) in [5.41, 5.74) is 7.78. The molecule has 1 amide bonds. The lowest BCUT2D eigenvalue weighted by molar-refractivity contribution is 0.1000. The van der Waals surface area contributed by atoms with Crippen LogP contribution in [0, 0.1) is 6.92 Å². The van der Waals surface area contributed by atoms with E-state index in [0.717, 1.165) is 11.1 Å². The highest BCUT2D eigenvalue weighted by molar-refractivity contribution is 5.95. The molecule has 0 saturated carbocycles. The molecule has 0 bridgehead atoms. The van der Waals surface area contributed by atoms with E-state index in [4.69, 9.17) is 5.73 Å². The van der Waals surface area contributed by atoms with Crippen molar-refractivity contribution in [1.82, 2.24) is 9.78 Å². The van der Waals surface area contributed by atoms with E-state index < -0.39 is 5.91 Å². The smallest absolute Gasteiger partial charge is 0.266 e. The average Bonchev–Trinajstić information content (AvgIpc) is 2.33. The molecule has 18 heavy (non-hydrogen) atoms. The largest absolute Gasteiger partial charge is 0.366 e. The molecule has 0 saturated heterocycles. The average molecular weight is 243 g/mol. The van der Waals surface area contributed by atoms with Crippen LogP contribution in [0.3, 0.4) is 0 Å². The Bertz CT molecular complexity index is 674. The normalized spacial score (nSPS) is 10.3. The molecule has 2 aromatic rings. The van der Waals surface area contributed by atoms with Gasteiger partial charge in [0.25, 0.3) is 5.56 Å². The van der Waals surface area contributed by atoms with Gasteiger partial charge in [-0.05, 0) is 24.6 Å². The summed E-state index contributed by atoms with van der Waals surface area (Å²) in [5, 5.41) is 4.13. The predicted octanol–water partition coefficient (Wildman–Crippen LogP) is 0.855. The number of rotatable bonds is 2. The van der Waals surface area contributed by atoms with Crippen LogP contribution in [0.1, 0.15) is 15.9 Å². The highest BCUT2D eigenvalue weighted by Gasteiger charge is 2.08. The lowest BCUT2D eigenvalue weighted by Crippen LogP contribution is -2.18. The highest BCUT2D eigenvalue weighted by atomic mass is 16.1. The Morgan fingerprint density at radius 2 is 2.00 bits per heavy atom. The minimum atomic E-state index is -0.473. The molecule has 0 fully saturated rings. The Labute approximate surface area is 104 Å². The molecular weight excluding hydrogens is 230 g/mol. The highest BCUT2D eigenvalue weighted by Crippen LogP contribution is 2.19. The van der Waals surface area contributed by atoms with Gasteiger partial charge in [-0.1, -0.05) is 12.1 Å². The number of hydrogen-bond donors (Lipinski definition) is 1. The minimum Gasteiger partial charge on any atom is -0.366 e. The molecule has 0 spiro atoms. The van der Waals surface area contributed by atoms with Crippen LogP contribution in [-0.2, 0) is 7.05 Å². The van der Waals surface area contributed by atoms with Gasteiger partial charge in [-0.2, -0.15) is 5.10 Å². The maximum absolute atomic E-state index is 11.3. The number of aryl methyl sites for hydroxylation is 2. The molecule has 0 radical (unpaired) electrons. The molecule has 1 aromatic carbocycles. The quantitative estimate of drug-likeness (QED) is 0.849. The second-order valence-electron chi connectivity index (χ2n) is 4.07. The van der Waals surface area contributed by atoms with Crippen LogP contribution in [-0.4, -0.2) is 15.7 Å². The first-order chi connectivity index (χ1) is 8.49. The summed E-state index contributed by atoms with van der Waals surface area (Å²) < 4.78 is 1.25. The predicted molar refractivity (Wildman–Crippen MR) is 68.2 cm³/mol. The van der Waals surface area contributed by atoms with Gasteiger partial charge in [-0.25, -0.2) is 4.68 Å². The van der Waals surface area contributed by atoms with E-state index in [-0.39, 0.29) is 5.56 Å². The Kier molecular flexibility index (Phi) is 2.97. The fraction of sp³-hybridized carbons (Fsp3) is 0.154. The molecule has 1 heterocycles. The van der Waals surface area contributed by atoms with Crippen molar-refractivity contribution in [3.8, 4) is 11.3 Å². The van der Waals surface area contributed by atoms with E-state index in [1.165, 1.54) is 10.7 Å². The summed E-state index contributed by atoms with van der Waals surface area (Å²) in [5.74, 6) is -0.473. The first kappa shape index (κ1) is 12.0. The number of hydrogen-bond acceptors (Lipinski definition) is 3. The van der Waals surface area contributed by atoms with Gasteiger partial charge >= 0.3 is 0 Å². The number of aromatic nitrogens is 2. The molecule has 1 aromatic heterocycles. The van der Waals surface area contributed by atoms with Crippen molar-refractivity contribution in [3.63, 3.8) is 0 Å². The monoisotopic (exact) mass is 243 g/mol. The van der Waals surface area contributed by atoms with E-state index in [1.54, 1.807) is 19.2 Å². The van der Waals surface area contributed by atoms with Crippen molar-refractivity contribution in [2.45, 2.75) is 6.92 Å². The number of carbonyl (C=O) groups excluding carboxylic acids is 1. The van der Waals surface area contributed by atoms with Gasteiger partial charge < -0.3 is 5.73 Å². The van der Waals surface area contributed by atoms with Gasteiger partial charge in [0.2, 0.25) is 5.91 Å². The molecule has 5 heteroatoms. The topological polar surface area (TPSA) is 78.0 Å². The number of nitrogens with zero attached hydrogens (tertiary/aromatic N) is 2. The summed E-state index contributed by atoms with van der Waals surface area (Å²) in [6.45, 7) is 1.82. The van der Waals surface area contributed by atoms with Gasteiger partial charge in [0.1, 0.15) is 0 Å². The number of carbonyl (C=O) groups is 1. The van der Waals surface area contributed by atoms with E-state index in [2.05, 4.69) is 5.10 Å². The molecular formula is C13H13N3O2. The zero-order chi connectivity index (χ0) is 13.3. The lowest BCUT2D eigenvalue weighted by Gasteiger charge is -2.06. The number of nitrogens with two attached hydrogens (primary N) is 1. The van der Waals surface area contributed by atoms with Gasteiger partial charge in [0.15, 0.2) is 0 Å². The summed E-state index contributed by atoms with van der Waals surface area (Å²) >= 11 is 0. The van der Waals surface area contributed by atoms with Crippen molar-refractivity contribution in [3.05, 3.63) is 51.8 Å². The van der Waals surface area contributed by atoms with Crippen molar-refractivity contribution in [2.75, 3.05) is 0 Å². The third kappa shape index (κ3) is 2.15. The molecule has 0 aliphatic heterocycles. The van der Waals surface area contributed by atoms with Crippen LogP contribution in [0.4, 0.5) is 0 Å². The van der Waals surface area contributed by atoms with Crippen LogP contribution in [0.2, 0.25) is 0 Å². The standard InChI is InChI=1S/C13H13N3O2/c1-8-3-4-9(7-10(8)13(14)18)11-5-6-12(17)16(2)15-11/h3-7H,1-2H3,(H2,14,18). The summed E-state index contributed by atoms with van der Waals surface area (Å²) in [6, 6.07) is 8.39. The van der Waals surface area contributed by atoms with E-state index in [9.17, 15) is 9.59 Å². The van der Waals surface area contributed by atoms with Crippen LogP contribution in [0.5, 0.6) is 0 Å². The van der Waals surface area contributed by atoms with Crippen LogP contribution in [0.25, 0.3) is 11.3 Å². The molecule has 0 unspecified atom stereocenters. The molecule has 2 rings (SSSR count). The first-order valence-corrected chi connectivity index (χ1v) is 5.44. The van der Waals surface area contributed by atoms with E-state index in [0.29, 0.717) is 11.3 Å². The summed E-state index contributed by atoms with van der Waals surface area (Å²) in [6.07, 6.45) is 0. The third-order valence-corrected chi connectivity index (χ3v) is 2.76. The lowest BCUT2D eigenvalue weighted by atomic mass is 10.0. The van der Waals surface area contributed by atoms with Gasteiger partial charge in [-0.3, -0.25) is 9.59 Å². The zero-order valence-corrected chi connectivity index (χ0v) is 10.2. The molecule has 0 aliphatic rings. The second kappa shape index (κ2) is 4.44. The van der Waals surface area contributed by atoms with E-state index >= 15 is 0 Å². The fourth-order valence-corrected chi connectivity index (χ4v) is 1.70. The van der Waals surface area contributed by atoms with Crippen LogP contribution >= 0.6 is 0 Å². The molecule has 2 N–H and O–H groups in total. The van der Waals surface area contributed by atoms with Crippen molar-refractivity contribution >= 4 is 5.91 Å². The maximum Gasteiger partial charge on any atom is 0.266 e. The van der Waals surface area contributed by atoms with Gasteiger partial charge in [0.05, 0.1) is 5.69 Å². The van der Waals surface area contributed by atoms with Gasteiger partial charge in [-0.15, -0.1) is 0 Å². The van der Waals surface area contributed by atoms with Crippen molar-refractivity contribution in [2.24, 2.45) is 12.8 Å². The van der Waals surface area contributed by atoms with Crippen LogP contribution < -0.4 is 11.3 Å². The first-order valence-electron chi connectivity index (χ1n) is 5.44. The fourth-order valence-electron chi connectivity index (χ4n) is 1.70. The molecule has 5 nitrogen and oxygen atoms in total. The Hall–Kier alpha value is -2.43. The summed E-state index contributed by atoms with van der Waals surface area (Å²) in [4.78, 5) is 22.5. The number of primary amides is 1. The van der Waals surface area contributed by atoms with Crippen LogP contribution in [0.15, 0.2) is 35.1 Å². The minimum absolute atomic E-state index is 0.180. The van der Waals surface area contributed by atoms with Crippen molar-refractivity contribution in [1.29, 1.82) is 0 Å². The number of benzene rings is 1.